The highest BCUT2D eigenvalue weighted by atomic mass is 19.4. The van der Waals surface area contributed by atoms with E-state index in [1.165, 1.54) is 6.07 Å². The van der Waals surface area contributed by atoms with Gasteiger partial charge in [-0.15, -0.1) is 0 Å². The fourth-order valence-corrected chi connectivity index (χ4v) is 2.52. The van der Waals surface area contributed by atoms with Gasteiger partial charge in [-0.05, 0) is 12.1 Å². The molecule has 0 amide bonds. The summed E-state index contributed by atoms with van der Waals surface area (Å²) < 4.78 is 56.3. The third-order valence-corrected chi connectivity index (χ3v) is 3.37. The SMILES string of the molecule is F[C@H]1CN[C@H]2c3ccc(C(F)(F)F)cc3O[C@H]2C1. The van der Waals surface area contributed by atoms with Gasteiger partial charge in [0.15, 0.2) is 0 Å². The van der Waals surface area contributed by atoms with E-state index in [0.717, 1.165) is 12.1 Å². The Morgan fingerprint density at radius 1 is 1.28 bits per heavy atom. The predicted molar refractivity (Wildman–Crippen MR) is 56.1 cm³/mol. The van der Waals surface area contributed by atoms with Gasteiger partial charge < -0.3 is 10.1 Å². The zero-order valence-corrected chi connectivity index (χ0v) is 9.30. The Balaban J connectivity index is 1.93. The third-order valence-electron chi connectivity index (χ3n) is 3.37. The van der Waals surface area contributed by atoms with Crippen LogP contribution in [0.4, 0.5) is 17.6 Å². The predicted octanol–water partition coefficient (Wildman–Crippen LogP) is 2.84. The maximum absolute atomic E-state index is 13.2. The summed E-state index contributed by atoms with van der Waals surface area (Å²) in [4.78, 5) is 0. The topological polar surface area (TPSA) is 21.3 Å². The average Bonchev–Trinajstić information content (AvgIpc) is 2.63. The van der Waals surface area contributed by atoms with Gasteiger partial charge in [-0.3, -0.25) is 0 Å². The van der Waals surface area contributed by atoms with Crippen molar-refractivity contribution in [3.63, 3.8) is 0 Å². The molecular formula is C12H11F4NO. The minimum Gasteiger partial charge on any atom is -0.488 e. The lowest BCUT2D eigenvalue weighted by Gasteiger charge is -2.27. The summed E-state index contributed by atoms with van der Waals surface area (Å²) in [6.07, 6.45) is -5.59. The lowest BCUT2D eigenvalue weighted by atomic mass is 9.95. The molecule has 1 aromatic carbocycles. The van der Waals surface area contributed by atoms with E-state index in [-0.39, 0.29) is 24.8 Å². The minimum atomic E-state index is -4.39. The van der Waals surface area contributed by atoms with Crippen molar-refractivity contribution in [2.24, 2.45) is 0 Å². The van der Waals surface area contributed by atoms with Crippen LogP contribution in [-0.2, 0) is 6.18 Å². The monoisotopic (exact) mass is 261 g/mol. The number of hydrogen-bond acceptors (Lipinski definition) is 2. The number of fused-ring (bicyclic) bond motifs is 3. The van der Waals surface area contributed by atoms with Crippen LogP contribution in [0.1, 0.15) is 23.6 Å². The van der Waals surface area contributed by atoms with Crippen LogP contribution < -0.4 is 10.1 Å². The number of piperidine rings is 1. The molecule has 0 spiro atoms. The molecule has 3 rings (SSSR count). The van der Waals surface area contributed by atoms with Crippen LogP contribution in [0, 0.1) is 0 Å². The summed E-state index contributed by atoms with van der Waals surface area (Å²) >= 11 is 0. The molecule has 0 aromatic heterocycles. The third kappa shape index (κ3) is 1.84. The fourth-order valence-electron chi connectivity index (χ4n) is 2.52. The Hall–Kier alpha value is -1.30. The van der Waals surface area contributed by atoms with Crippen LogP contribution >= 0.6 is 0 Å². The first kappa shape index (κ1) is 11.8. The molecule has 2 nitrogen and oxygen atoms in total. The normalized spacial score (nSPS) is 30.6. The van der Waals surface area contributed by atoms with E-state index in [0.29, 0.717) is 5.56 Å². The molecule has 0 unspecified atom stereocenters. The van der Waals surface area contributed by atoms with Crippen molar-refractivity contribution in [2.45, 2.75) is 30.9 Å². The molecule has 0 radical (unpaired) electrons. The van der Waals surface area contributed by atoms with Crippen LogP contribution in [0.15, 0.2) is 18.2 Å². The van der Waals surface area contributed by atoms with E-state index in [4.69, 9.17) is 4.74 Å². The molecule has 6 heteroatoms. The second-order valence-electron chi connectivity index (χ2n) is 4.63. The summed E-state index contributed by atoms with van der Waals surface area (Å²) in [5.74, 6) is 0.210. The lowest BCUT2D eigenvalue weighted by Crippen LogP contribution is -2.42. The van der Waals surface area contributed by atoms with E-state index in [2.05, 4.69) is 5.32 Å². The van der Waals surface area contributed by atoms with Crippen LogP contribution in [0.2, 0.25) is 0 Å². The van der Waals surface area contributed by atoms with Gasteiger partial charge >= 0.3 is 6.18 Å². The minimum absolute atomic E-state index is 0.200. The van der Waals surface area contributed by atoms with Crippen molar-refractivity contribution in [3.8, 4) is 5.75 Å². The molecule has 1 N–H and O–H groups in total. The Kier molecular flexibility index (Phi) is 2.52. The van der Waals surface area contributed by atoms with Gasteiger partial charge in [-0.1, -0.05) is 6.07 Å². The molecule has 0 bridgehead atoms. The van der Waals surface area contributed by atoms with Crippen LogP contribution in [-0.4, -0.2) is 18.8 Å². The van der Waals surface area contributed by atoms with Crippen LogP contribution in [0.25, 0.3) is 0 Å². The van der Waals surface area contributed by atoms with Gasteiger partial charge in [0, 0.05) is 18.5 Å². The standard InChI is InChI=1S/C12H11F4NO/c13-7-4-10-11(17-5-7)8-2-1-6(12(14,15)16)3-9(8)18-10/h1-3,7,10-11,17H,4-5H2/t7-,10+,11+/m1/s1. The van der Waals surface area contributed by atoms with Gasteiger partial charge in [-0.2, -0.15) is 13.2 Å². The van der Waals surface area contributed by atoms with Crippen molar-refractivity contribution >= 4 is 0 Å². The highest BCUT2D eigenvalue weighted by Crippen LogP contribution is 2.43. The zero-order chi connectivity index (χ0) is 12.9. The molecule has 3 atom stereocenters. The molecular weight excluding hydrogens is 250 g/mol. The van der Waals surface area contributed by atoms with E-state index < -0.39 is 24.0 Å². The quantitative estimate of drug-likeness (QED) is 0.725. The van der Waals surface area contributed by atoms with Crippen LogP contribution in [0.5, 0.6) is 5.75 Å². The first-order valence-electron chi connectivity index (χ1n) is 5.70. The van der Waals surface area contributed by atoms with Gasteiger partial charge in [0.1, 0.15) is 18.0 Å². The maximum atomic E-state index is 13.2. The maximum Gasteiger partial charge on any atom is 0.416 e. The summed E-state index contributed by atoms with van der Waals surface area (Å²) in [6.45, 7) is 0.213. The molecule has 0 saturated carbocycles. The van der Waals surface area contributed by atoms with Crippen molar-refractivity contribution in [1.29, 1.82) is 0 Å². The van der Waals surface area contributed by atoms with Gasteiger partial charge in [0.2, 0.25) is 0 Å². The average molecular weight is 261 g/mol. The molecule has 1 aromatic rings. The van der Waals surface area contributed by atoms with Crippen molar-refractivity contribution in [3.05, 3.63) is 29.3 Å². The summed E-state index contributed by atoms with van der Waals surface area (Å²) in [5.41, 5.74) is -0.0587. The number of benzene rings is 1. The van der Waals surface area contributed by atoms with E-state index >= 15 is 0 Å². The molecule has 1 saturated heterocycles. The summed E-state index contributed by atoms with van der Waals surface area (Å²) in [7, 11) is 0. The smallest absolute Gasteiger partial charge is 0.416 e. The lowest BCUT2D eigenvalue weighted by molar-refractivity contribution is -0.137. The molecule has 2 aliphatic rings. The number of ether oxygens (including phenoxy) is 1. The second-order valence-corrected chi connectivity index (χ2v) is 4.63. The molecule has 2 heterocycles. The van der Waals surface area contributed by atoms with Crippen molar-refractivity contribution in [2.75, 3.05) is 6.54 Å². The highest BCUT2D eigenvalue weighted by Gasteiger charge is 2.41. The van der Waals surface area contributed by atoms with E-state index in [1.54, 1.807) is 0 Å². The summed E-state index contributed by atoms with van der Waals surface area (Å²) in [6, 6.07) is 3.24. The van der Waals surface area contributed by atoms with Crippen LogP contribution in [0.3, 0.4) is 0 Å². The largest absolute Gasteiger partial charge is 0.488 e. The number of rotatable bonds is 0. The van der Waals surface area contributed by atoms with Gasteiger partial charge in [0.25, 0.3) is 0 Å². The Labute approximate surface area is 101 Å². The second kappa shape index (κ2) is 3.85. The number of hydrogen-bond donors (Lipinski definition) is 1. The van der Waals surface area contributed by atoms with E-state index in [1.807, 2.05) is 0 Å². The van der Waals surface area contributed by atoms with Crippen molar-refractivity contribution in [1.82, 2.24) is 5.32 Å². The summed E-state index contributed by atoms with van der Waals surface area (Å²) in [5, 5.41) is 2.96. The number of halogens is 4. The fraction of sp³-hybridized carbons (Fsp3) is 0.500. The highest BCUT2D eigenvalue weighted by molar-refractivity contribution is 5.44. The molecule has 1 fully saturated rings. The number of nitrogens with one attached hydrogen (secondary N) is 1. The number of alkyl halides is 4. The first-order valence-corrected chi connectivity index (χ1v) is 5.70. The van der Waals surface area contributed by atoms with Gasteiger partial charge in [-0.25, -0.2) is 4.39 Å². The molecule has 98 valence electrons. The first-order chi connectivity index (χ1) is 8.45. The Bertz CT molecular complexity index is 474. The molecule has 2 aliphatic heterocycles. The van der Waals surface area contributed by atoms with Gasteiger partial charge in [0.05, 0.1) is 11.6 Å². The van der Waals surface area contributed by atoms with E-state index in [9.17, 15) is 17.6 Å². The Morgan fingerprint density at radius 2 is 2.06 bits per heavy atom. The molecule has 0 aliphatic carbocycles. The zero-order valence-electron chi connectivity index (χ0n) is 9.30. The Morgan fingerprint density at radius 3 is 2.78 bits per heavy atom. The molecule has 18 heavy (non-hydrogen) atoms. The van der Waals surface area contributed by atoms with Crippen molar-refractivity contribution < 1.29 is 22.3 Å².